The van der Waals surface area contributed by atoms with Crippen molar-refractivity contribution in [3.05, 3.63) is 18.1 Å². The van der Waals surface area contributed by atoms with Gasteiger partial charge >= 0.3 is 0 Å². The molecule has 0 amide bonds. The van der Waals surface area contributed by atoms with Gasteiger partial charge in [0.05, 0.1) is 6.10 Å². The van der Waals surface area contributed by atoms with Gasteiger partial charge in [0.1, 0.15) is 12.1 Å². The van der Waals surface area contributed by atoms with Gasteiger partial charge in [0, 0.05) is 24.4 Å². The molecule has 0 spiro atoms. The number of aryl methyl sites for hydroxylation is 1. The molecule has 0 unspecified atom stereocenters. The highest BCUT2D eigenvalue weighted by atomic mass is 16.5. The molecule has 82 valence electrons. The lowest BCUT2D eigenvalue weighted by molar-refractivity contribution is 0.00292. The third-order valence-electron chi connectivity index (χ3n) is 2.65. The van der Waals surface area contributed by atoms with Crippen molar-refractivity contribution in [3.8, 4) is 0 Å². The van der Waals surface area contributed by atoms with Gasteiger partial charge in [-0.3, -0.25) is 0 Å². The molecule has 0 saturated heterocycles. The van der Waals surface area contributed by atoms with Gasteiger partial charge in [-0.1, -0.05) is 0 Å². The van der Waals surface area contributed by atoms with Crippen LogP contribution in [0.4, 0.5) is 5.82 Å². The van der Waals surface area contributed by atoms with Crippen molar-refractivity contribution in [2.75, 3.05) is 11.9 Å². The molecular formula is C11H17N3O. The smallest absolute Gasteiger partial charge is 0.129 e. The summed E-state index contributed by atoms with van der Waals surface area (Å²) in [5, 5.41) is 3.38. The Morgan fingerprint density at radius 3 is 2.93 bits per heavy atom. The van der Waals surface area contributed by atoms with Gasteiger partial charge in [-0.2, -0.15) is 0 Å². The first-order valence-electron chi connectivity index (χ1n) is 5.44. The molecule has 1 aromatic rings. The normalized spacial score (nSPS) is 24.7. The first-order valence-corrected chi connectivity index (χ1v) is 5.44. The van der Waals surface area contributed by atoms with Crippen molar-refractivity contribution < 1.29 is 4.74 Å². The van der Waals surface area contributed by atoms with E-state index in [-0.39, 0.29) is 0 Å². The number of anilines is 1. The first-order chi connectivity index (χ1) is 7.28. The predicted molar refractivity (Wildman–Crippen MR) is 58.8 cm³/mol. The Morgan fingerprint density at radius 1 is 1.47 bits per heavy atom. The highest BCUT2D eigenvalue weighted by molar-refractivity contribution is 5.36. The number of nitrogens with zero attached hydrogens (tertiary/aromatic N) is 2. The average Bonchev–Trinajstić information content (AvgIpc) is 2.15. The monoisotopic (exact) mass is 207 g/mol. The van der Waals surface area contributed by atoms with Crippen LogP contribution in [-0.4, -0.2) is 28.7 Å². The summed E-state index contributed by atoms with van der Waals surface area (Å²) < 4.78 is 5.50. The zero-order valence-electron chi connectivity index (χ0n) is 9.23. The van der Waals surface area contributed by atoms with Crippen molar-refractivity contribution in [3.63, 3.8) is 0 Å². The molecule has 1 N–H and O–H groups in total. The topological polar surface area (TPSA) is 47.0 Å². The summed E-state index contributed by atoms with van der Waals surface area (Å²) in [5.74, 6) is 0.919. The maximum absolute atomic E-state index is 5.50. The Hall–Kier alpha value is -1.16. The quantitative estimate of drug-likeness (QED) is 0.817. The van der Waals surface area contributed by atoms with Crippen LogP contribution in [0.3, 0.4) is 0 Å². The second kappa shape index (κ2) is 4.57. The first kappa shape index (κ1) is 10.4. The number of ether oxygens (including phenoxy) is 1. The third kappa shape index (κ3) is 2.65. The highest BCUT2D eigenvalue weighted by Gasteiger charge is 2.29. The summed E-state index contributed by atoms with van der Waals surface area (Å²) in [6.45, 7) is 4.81. The van der Waals surface area contributed by atoms with Gasteiger partial charge in [0.2, 0.25) is 0 Å². The Kier molecular flexibility index (Phi) is 3.16. The Balaban J connectivity index is 1.80. The fourth-order valence-corrected chi connectivity index (χ4v) is 1.80. The minimum Gasteiger partial charge on any atom is -0.378 e. The SMILES string of the molecule is CCOC1CC(Nc2cc(C)ncn2)C1. The highest BCUT2D eigenvalue weighted by Crippen LogP contribution is 2.26. The van der Waals surface area contributed by atoms with Crippen LogP contribution in [0.1, 0.15) is 25.5 Å². The molecule has 1 heterocycles. The van der Waals surface area contributed by atoms with Gasteiger partial charge in [0.15, 0.2) is 0 Å². The Labute approximate surface area is 90.1 Å². The molecule has 0 aliphatic heterocycles. The van der Waals surface area contributed by atoms with E-state index in [1.807, 2.05) is 19.9 Å². The maximum atomic E-state index is 5.50. The predicted octanol–water partition coefficient (Wildman–Crippen LogP) is 1.76. The molecule has 1 aliphatic carbocycles. The van der Waals surface area contributed by atoms with Crippen LogP contribution >= 0.6 is 0 Å². The summed E-state index contributed by atoms with van der Waals surface area (Å²) in [5.41, 5.74) is 0.994. The summed E-state index contributed by atoms with van der Waals surface area (Å²) in [7, 11) is 0. The second-order valence-electron chi connectivity index (χ2n) is 3.93. The summed E-state index contributed by atoms with van der Waals surface area (Å²) in [6, 6.07) is 2.48. The fraction of sp³-hybridized carbons (Fsp3) is 0.636. The lowest BCUT2D eigenvalue weighted by Crippen LogP contribution is -2.41. The number of rotatable bonds is 4. The number of nitrogens with one attached hydrogen (secondary N) is 1. The van der Waals surface area contributed by atoms with Crippen LogP contribution < -0.4 is 5.32 Å². The molecule has 4 heteroatoms. The van der Waals surface area contributed by atoms with Gasteiger partial charge in [-0.25, -0.2) is 9.97 Å². The van der Waals surface area contributed by atoms with Crippen molar-refractivity contribution in [2.45, 2.75) is 38.8 Å². The van der Waals surface area contributed by atoms with E-state index in [0.29, 0.717) is 12.1 Å². The van der Waals surface area contributed by atoms with Crippen LogP contribution in [0, 0.1) is 6.92 Å². The number of aromatic nitrogens is 2. The van der Waals surface area contributed by atoms with E-state index in [2.05, 4.69) is 15.3 Å². The summed E-state index contributed by atoms with van der Waals surface area (Å²) >= 11 is 0. The van der Waals surface area contributed by atoms with Crippen molar-refractivity contribution in [1.82, 2.24) is 9.97 Å². The molecule has 0 atom stereocenters. The van der Waals surface area contributed by atoms with E-state index in [1.54, 1.807) is 6.33 Å². The standard InChI is InChI=1S/C11H17N3O/c1-3-15-10-5-9(6-10)14-11-4-8(2)12-7-13-11/h4,7,9-10H,3,5-6H2,1-2H3,(H,12,13,14). The van der Waals surface area contributed by atoms with Gasteiger partial charge in [-0.15, -0.1) is 0 Å². The van der Waals surface area contributed by atoms with Crippen LogP contribution in [-0.2, 0) is 4.74 Å². The van der Waals surface area contributed by atoms with Crippen LogP contribution in [0.15, 0.2) is 12.4 Å². The van der Waals surface area contributed by atoms with Crippen LogP contribution in [0.25, 0.3) is 0 Å². The zero-order valence-corrected chi connectivity index (χ0v) is 9.23. The Morgan fingerprint density at radius 2 is 2.27 bits per heavy atom. The van der Waals surface area contributed by atoms with Crippen molar-refractivity contribution >= 4 is 5.82 Å². The molecule has 0 radical (unpaired) electrons. The van der Waals surface area contributed by atoms with E-state index in [0.717, 1.165) is 31.0 Å². The van der Waals surface area contributed by atoms with Crippen molar-refractivity contribution in [1.29, 1.82) is 0 Å². The minimum atomic E-state index is 0.440. The van der Waals surface area contributed by atoms with E-state index < -0.39 is 0 Å². The van der Waals surface area contributed by atoms with Crippen LogP contribution in [0.5, 0.6) is 0 Å². The van der Waals surface area contributed by atoms with Crippen molar-refractivity contribution in [2.24, 2.45) is 0 Å². The second-order valence-corrected chi connectivity index (χ2v) is 3.93. The zero-order chi connectivity index (χ0) is 10.7. The average molecular weight is 207 g/mol. The number of hydrogen-bond donors (Lipinski definition) is 1. The van der Waals surface area contributed by atoms with E-state index >= 15 is 0 Å². The largest absolute Gasteiger partial charge is 0.378 e. The molecule has 1 aliphatic rings. The van der Waals surface area contributed by atoms with E-state index in [4.69, 9.17) is 4.74 Å². The molecule has 0 aromatic carbocycles. The molecule has 1 fully saturated rings. The number of hydrogen-bond acceptors (Lipinski definition) is 4. The molecule has 2 rings (SSSR count). The Bertz CT molecular complexity index is 323. The lowest BCUT2D eigenvalue weighted by Gasteiger charge is -2.35. The lowest BCUT2D eigenvalue weighted by atomic mass is 9.89. The van der Waals surface area contributed by atoms with E-state index in [1.165, 1.54) is 0 Å². The van der Waals surface area contributed by atoms with Gasteiger partial charge in [0.25, 0.3) is 0 Å². The maximum Gasteiger partial charge on any atom is 0.129 e. The molecule has 1 saturated carbocycles. The molecular weight excluding hydrogens is 190 g/mol. The third-order valence-corrected chi connectivity index (χ3v) is 2.65. The molecule has 4 nitrogen and oxygen atoms in total. The van der Waals surface area contributed by atoms with E-state index in [9.17, 15) is 0 Å². The molecule has 1 aromatic heterocycles. The van der Waals surface area contributed by atoms with Gasteiger partial charge < -0.3 is 10.1 Å². The summed E-state index contributed by atoms with van der Waals surface area (Å²) in [6.07, 6.45) is 4.19. The molecule has 15 heavy (non-hydrogen) atoms. The summed E-state index contributed by atoms with van der Waals surface area (Å²) in [4.78, 5) is 8.23. The van der Waals surface area contributed by atoms with Gasteiger partial charge in [-0.05, 0) is 26.7 Å². The molecule has 0 bridgehead atoms. The fourth-order valence-electron chi connectivity index (χ4n) is 1.80. The minimum absolute atomic E-state index is 0.440. The van der Waals surface area contributed by atoms with Crippen LogP contribution in [0.2, 0.25) is 0 Å².